The molecule has 1 aromatic heterocycles. The Morgan fingerprint density at radius 3 is 2.42 bits per heavy atom. The lowest BCUT2D eigenvalue weighted by Crippen LogP contribution is -2.14. The third-order valence-electron chi connectivity index (χ3n) is 3.35. The molecule has 0 aliphatic rings. The zero-order chi connectivity index (χ0) is 18.5. The lowest BCUT2D eigenvalue weighted by Gasteiger charge is -2.07. The van der Waals surface area contributed by atoms with Crippen LogP contribution in [0.1, 0.15) is 16.1 Å². The van der Waals surface area contributed by atoms with E-state index in [2.05, 4.69) is 20.6 Å². The number of nitrogens with one attached hydrogen (secondary N) is 2. The van der Waals surface area contributed by atoms with E-state index in [4.69, 9.17) is 16.9 Å². The van der Waals surface area contributed by atoms with Crippen molar-refractivity contribution in [3.8, 4) is 6.07 Å². The van der Waals surface area contributed by atoms with E-state index in [1.54, 1.807) is 24.3 Å². The molecular weight excluding hydrogens is 357 g/mol. The van der Waals surface area contributed by atoms with Crippen molar-refractivity contribution in [3.63, 3.8) is 0 Å². The molecule has 2 aromatic carbocycles. The van der Waals surface area contributed by atoms with E-state index in [1.165, 1.54) is 24.5 Å². The van der Waals surface area contributed by atoms with E-state index in [-0.39, 0.29) is 10.7 Å². The van der Waals surface area contributed by atoms with Gasteiger partial charge in [-0.3, -0.25) is 4.79 Å². The molecule has 8 heteroatoms. The highest BCUT2D eigenvalue weighted by Gasteiger charge is 2.10. The van der Waals surface area contributed by atoms with Gasteiger partial charge in [-0.1, -0.05) is 11.6 Å². The molecule has 0 saturated heterocycles. The predicted molar refractivity (Wildman–Crippen MR) is 95.8 cm³/mol. The normalized spacial score (nSPS) is 10.0. The van der Waals surface area contributed by atoms with Crippen LogP contribution >= 0.6 is 11.6 Å². The number of benzene rings is 2. The van der Waals surface area contributed by atoms with E-state index in [9.17, 15) is 9.18 Å². The van der Waals surface area contributed by atoms with Crippen LogP contribution in [0, 0.1) is 17.1 Å². The first-order chi connectivity index (χ1) is 12.5. The van der Waals surface area contributed by atoms with E-state index >= 15 is 0 Å². The standard InChI is InChI=1S/C18H11ClFN5O/c19-14-7-13(5-6-15(14)20)25-18(26)16-9-23-17(10-22-16)24-12-3-1-11(8-21)2-4-12/h1-7,9-10H,(H,23,24)(H,25,26). The molecule has 26 heavy (non-hydrogen) atoms. The predicted octanol–water partition coefficient (Wildman–Crippen LogP) is 4.14. The van der Waals surface area contributed by atoms with Gasteiger partial charge < -0.3 is 10.6 Å². The number of hydrogen-bond donors (Lipinski definition) is 2. The molecule has 0 aliphatic carbocycles. The van der Waals surface area contributed by atoms with Gasteiger partial charge in [0.1, 0.15) is 17.3 Å². The second kappa shape index (κ2) is 7.59. The van der Waals surface area contributed by atoms with Crippen molar-refractivity contribution in [2.45, 2.75) is 0 Å². The van der Waals surface area contributed by atoms with Crippen LogP contribution < -0.4 is 10.6 Å². The van der Waals surface area contributed by atoms with E-state index < -0.39 is 11.7 Å². The molecule has 2 N–H and O–H groups in total. The van der Waals surface area contributed by atoms with Crippen molar-refractivity contribution in [1.29, 1.82) is 5.26 Å². The van der Waals surface area contributed by atoms with Crippen LogP contribution in [0.25, 0.3) is 0 Å². The number of amides is 1. The molecule has 1 heterocycles. The Morgan fingerprint density at radius 1 is 1.08 bits per heavy atom. The van der Waals surface area contributed by atoms with Gasteiger partial charge in [-0.2, -0.15) is 5.26 Å². The molecule has 0 bridgehead atoms. The van der Waals surface area contributed by atoms with Gasteiger partial charge in [0.25, 0.3) is 5.91 Å². The van der Waals surface area contributed by atoms with Crippen molar-refractivity contribution in [2.24, 2.45) is 0 Å². The summed E-state index contributed by atoms with van der Waals surface area (Å²) in [5.41, 5.74) is 1.73. The Balaban J connectivity index is 1.67. The van der Waals surface area contributed by atoms with Crippen molar-refractivity contribution in [3.05, 3.63) is 77.0 Å². The molecule has 0 aliphatic heterocycles. The first-order valence-corrected chi connectivity index (χ1v) is 7.78. The summed E-state index contributed by atoms with van der Waals surface area (Å²) < 4.78 is 13.1. The Kier molecular flexibility index (Phi) is 5.06. The highest BCUT2D eigenvalue weighted by molar-refractivity contribution is 6.31. The van der Waals surface area contributed by atoms with Crippen molar-refractivity contribution in [1.82, 2.24) is 9.97 Å². The maximum Gasteiger partial charge on any atom is 0.275 e. The number of carbonyl (C=O) groups excluding carboxylic acids is 1. The zero-order valence-electron chi connectivity index (χ0n) is 13.2. The minimum absolute atomic E-state index is 0.0872. The van der Waals surface area contributed by atoms with E-state index in [1.807, 2.05) is 6.07 Å². The number of nitriles is 1. The van der Waals surface area contributed by atoms with Crippen LogP contribution in [0.5, 0.6) is 0 Å². The minimum atomic E-state index is -0.567. The molecule has 1 amide bonds. The number of carbonyl (C=O) groups is 1. The average molecular weight is 368 g/mol. The van der Waals surface area contributed by atoms with Gasteiger partial charge in [-0.25, -0.2) is 14.4 Å². The average Bonchev–Trinajstić information content (AvgIpc) is 2.66. The maximum atomic E-state index is 13.1. The topological polar surface area (TPSA) is 90.7 Å². The quantitative estimate of drug-likeness (QED) is 0.723. The molecule has 3 rings (SSSR count). The van der Waals surface area contributed by atoms with Gasteiger partial charge in [0, 0.05) is 11.4 Å². The van der Waals surface area contributed by atoms with Gasteiger partial charge in [-0.05, 0) is 42.5 Å². The number of anilines is 3. The van der Waals surface area contributed by atoms with Gasteiger partial charge in [-0.15, -0.1) is 0 Å². The number of rotatable bonds is 4. The molecule has 6 nitrogen and oxygen atoms in total. The zero-order valence-corrected chi connectivity index (χ0v) is 14.0. The summed E-state index contributed by atoms with van der Waals surface area (Å²) in [6.45, 7) is 0. The molecule has 3 aromatic rings. The Bertz CT molecular complexity index is 984. The second-order valence-corrected chi connectivity index (χ2v) is 5.59. The molecule has 128 valence electrons. The van der Waals surface area contributed by atoms with E-state index in [0.717, 1.165) is 11.8 Å². The largest absolute Gasteiger partial charge is 0.339 e. The van der Waals surface area contributed by atoms with Crippen LogP contribution in [-0.4, -0.2) is 15.9 Å². The Morgan fingerprint density at radius 2 is 1.81 bits per heavy atom. The summed E-state index contributed by atoms with van der Waals surface area (Å²) in [6, 6.07) is 12.7. The monoisotopic (exact) mass is 367 g/mol. The molecule has 0 unspecified atom stereocenters. The van der Waals surface area contributed by atoms with Gasteiger partial charge in [0.15, 0.2) is 0 Å². The second-order valence-electron chi connectivity index (χ2n) is 5.18. The summed E-state index contributed by atoms with van der Waals surface area (Å²) in [5, 5.41) is 14.3. The first-order valence-electron chi connectivity index (χ1n) is 7.41. The summed E-state index contributed by atoms with van der Waals surface area (Å²) in [5.74, 6) is -0.621. The van der Waals surface area contributed by atoms with Crippen LogP contribution in [0.15, 0.2) is 54.9 Å². The van der Waals surface area contributed by atoms with Crippen molar-refractivity contribution < 1.29 is 9.18 Å². The fraction of sp³-hybridized carbons (Fsp3) is 0. The van der Waals surface area contributed by atoms with Crippen molar-refractivity contribution in [2.75, 3.05) is 10.6 Å². The number of hydrogen-bond acceptors (Lipinski definition) is 5. The van der Waals surface area contributed by atoms with Crippen molar-refractivity contribution >= 4 is 34.7 Å². The Labute approximate surface area is 153 Å². The molecule has 0 saturated carbocycles. The fourth-order valence-corrected chi connectivity index (χ4v) is 2.24. The maximum absolute atomic E-state index is 13.1. The van der Waals surface area contributed by atoms with Crippen LogP contribution in [0.4, 0.5) is 21.6 Å². The summed E-state index contributed by atoms with van der Waals surface area (Å²) >= 11 is 5.68. The summed E-state index contributed by atoms with van der Waals surface area (Å²) in [6.07, 6.45) is 2.72. The third-order valence-corrected chi connectivity index (χ3v) is 3.64. The van der Waals surface area contributed by atoms with E-state index in [0.29, 0.717) is 17.1 Å². The number of aromatic nitrogens is 2. The minimum Gasteiger partial charge on any atom is -0.339 e. The molecule has 0 spiro atoms. The fourth-order valence-electron chi connectivity index (χ4n) is 2.05. The lowest BCUT2D eigenvalue weighted by molar-refractivity contribution is 0.102. The molecule has 0 fully saturated rings. The number of halogens is 2. The highest BCUT2D eigenvalue weighted by atomic mass is 35.5. The molecule has 0 atom stereocenters. The van der Waals surface area contributed by atoms with Gasteiger partial charge in [0.05, 0.1) is 29.0 Å². The first kappa shape index (κ1) is 17.3. The number of nitrogens with zero attached hydrogens (tertiary/aromatic N) is 3. The molecule has 0 radical (unpaired) electrons. The summed E-state index contributed by atoms with van der Waals surface area (Å²) in [4.78, 5) is 20.3. The van der Waals surface area contributed by atoms with Crippen LogP contribution in [0.3, 0.4) is 0 Å². The SMILES string of the molecule is N#Cc1ccc(Nc2cnc(C(=O)Nc3ccc(F)c(Cl)c3)cn2)cc1. The lowest BCUT2D eigenvalue weighted by atomic mass is 10.2. The third kappa shape index (κ3) is 4.12. The summed E-state index contributed by atoms with van der Waals surface area (Å²) in [7, 11) is 0. The highest BCUT2D eigenvalue weighted by Crippen LogP contribution is 2.20. The Hall–Kier alpha value is -3.50. The molecular formula is C18H11ClFN5O. The van der Waals surface area contributed by atoms with Gasteiger partial charge >= 0.3 is 0 Å². The smallest absolute Gasteiger partial charge is 0.275 e. The van der Waals surface area contributed by atoms with Crippen LogP contribution in [0.2, 0.25) is 5.02 Å². The van der Waals surface area contributed by atoms with Crippen LogP contribution in [-0.2, 0) is 0 Å². The van der Waals surface area contributed by atoms with Gasteiger partial charge in [0.2, 0.25) is 0 Å².